The van der Waals surface area contributed by atoms with E-state index >= 15 is 0 Å². The molecule has 0 radical (unpaired) electrons. The van der Waals surface area contributed by atoms with E-state index in [0.717, 1.165) is 31.6 Å². The first kappa shape index (κ1) is 22.4. The minimum Gasteiger partial charge on any atom is -0.368 e. The van der Waals surface area contributed by atoms with Crippen LogP contribution in [0, 0.1) is 0 Å². The first-order valence-corrected chi connectivity index (χ1v) is 11.9. The lowest BCUT2D eigenvalue weighted by molar-refractivity contribution is -0.130. The summed E-state index contributed by atoms with van der Waals surface area (Å²) in [6, 6.07) is 12.7. The largest absolute Gasteiger partial charge is 0.368 e. The van der Waals surface area contributed by atoms with Crippen molar-refractivity contribution in [1.82, 2.24) is 19.4 Å². The highest BCUT2D eigenvalue weighted by Crippen LogP contribution is 2.22. The second kappa shape index (κ2) is 9.46. The fourth-order valence-electron chi connectivity index (χ4n) is 4.64. The molecule has 2 aromatic carbocycles. The molecular formula is C25H26ClN5O3. The zero-order valence-corrected chi connectivity index (χ0v) is 19.6. The fraction of sp³-hybridized carbons (Fsp3) is 0.360. The van der Waals surface area contributed by atoms with Gasteiger partial charge in [0.15, 0.2) is 0 Å². The van der Waals surface area contributed by atoms with E-state index in [4.69, 9.17) is 11.6 Å². The third-order valence-electron chi connectivity index (χ3n) is 6.58. The Morgan fingerprint density at radius 3 is 2.41 bits per heavy atom. The molecule has 2 amide bonds. The van der Waals surface area contributed by atoms with E-state index in [0.29, 0.717) is 47.7 Å². The number of hydrogen-bond acceptors (Lipinski definition) is 5. The zero-order chi connectivity index (χ0) is 23.7. The zero-order valence-electron chi connectivity index (χ0n) is 18.8. The van der Waals surface area contributed by atoms with Crippen molar-refractivity contribution >= 4 is 40.0 Å². The number of benzene rings is 2. The molecule has 0 unspecified atom stereocenters. The van der Waals surface area contributed by atoms with Crippen LogP contribution in [0.5, 0.6) is 0 Å². The van der Waals surface area contributed by atoms with Gasteiger partial charge >= 0.3 is 0 Å². The highest BCUT2D eigenvalue weighted by molar-refractivity contribution is 6.30. The summed E-state index contributed by atoms with van der Waals surface area (Å²) in [5.41, 5.74) is 1.70. The van der Waals surface area contributed by atoms with Crippen LogP contribution in [-0.2, 0) is 11.3 Å². The van der Waals surface area contributed by atoms with Gasteiger partial charge in [-0.05, 0) is 49.2 Å². The predicted molar refractivity (Wildman–Crippen MR) is 131 cm³/mol. The van der Waals surface area contributed by atoms with Crippen molar-refractivity contribution in [2.45, 2.75) is 19.4 Å². The van der Waals surface area contributed by atoms with Crippen LogP contribution in [0.15, 0.2) is 53.6 Å². The first-order valence-electron chi connectivity index (χ1n) is 11.6. The molecule has 0 saturated carbocycles. The van der Waals surface area contributed by atoms with E-state index in [9.17, 15) is 14.4 Å². The fourth-order valence-corrected chi connectivity index (χ4v) is 4.82. The molecule has 0 spiro atoms. The Morgan fingerprint density at radius 1 is 0.912 bits per heavy atom. The summed E-state index contributed by atoms with van der Waals surface area (Å²) >= 11 is 6.11. The maximum atomic E-state index is 13.2. The van der Waals surface area contributed by atoms with Gasteiger partial charge in [0.1, 0.15) is 6.54 Å². The lowest BCUT2D eigenvalue weighted by Gasteiger charge is -2.36. The maximum absolute atomic E-state index is 13.2. The van der Waals surface area contributed by atoms with E-state index in [-0.39, 0.29) is 23.9 Å². The molecule has 1 aromatic heterocycles. The minimum atomic E-state index is -0.307. The number of piperazine rings is 1. The van der Waals surface area contributed by atoms with Gasteiger partial charge in [0.05, 0.1) is 17.2 Å². The standard InChI is InChI=1S/C25H26ClN5O3/c26-19-4-3-5-20(15-19)28-10-12-30(13-11-28)24(33)18-6-7-22-21(14-18)25(34)31(17-27-22)16-23(32)29-8-1-2-9-29/h3-7,14-15,17H,1-2,8-13,16H2. The van der Waals surface area contributed by atoms with Gasteiger partial charge in [-0.3, -0.25) is 19.0 Å². The Hall–Kier alpha value is -3.39. The van der Waals surface area contributed by atoms with Crippen LogP contribution in [0.2, 0.25) is 5.02 Å². The SMILES string of the molecule is O=C(Cn1cnc2ccc(C(=O)N3CCN(c4cccc(Cl)c4)CC3)cc2c1=O)N1CCCC1. The molecule has 0 bridgehead atoms. The van der Waals surface area contributed by atoms with E-state index in [1.54, 1.807) is 28.0 Å². The van der Waals surface area contributed by atoms with Gasteiger partial charge in [0.25, 0.3) is 11.5 Å². The lowest BCUT2D eigenvalue weighted by Crippen LogP contribution is -2.48. The predicted octanol–water partition coefficient (Wildman–Crippen LogP) is 2.63. The molecule has 2 saturated heterocycles. The summed E-state index contributed by atoms with van der Waals surface area (Å²) in [6.07, 6.45) is 3.40. The second-order valence-corrected chi connectivity index (χ2v) is 9.19. The Labute approximate surface area is 202 Å². The molecule has 0 N–H and O–H groups in total. The summed E-state index contributed by atoms with van der Waals surface area (Å²) in [6.45, 7) is 3.98. The third-order valence-corrected chi connectivity index (χ3v) is 6.81. The third kappa shape index (κ3) is 4.50. The number of aromatic nitrogens is 2. The van der Waals surface area contributed by atoms with Crippen LogP contribution in [0.25, 0.3) is 10.9 Å². The van der Waals surface area contributed by atoms with E-state index in [2.05, 4.69) is 9.88 Å². The summed E-state index contributed by atoms with van der Waals surface area (Å²) < 4.78 is 1.33. The van der Waals surface area contributed by atoms with Gasteiger partial charge in [-0.25, -0.2) is 4.98 Å². The number of carbonyl (C=O) groups excluding carboxylic acids is 2. The van der Waals surface area contributed by atoms with Gasteiger partial charge in [-0.2, -0.15) is 0 Å². The molecule has 5 rings (SSSR count). The van der Waals surface area contributed by atoms with Crippen LogP contribution in [0.1, 0.15) is 23.2 Å². The van der Waals surface area contributed by atoms with Gasteiger partial charge in [0, 0.05) is 55.5 Å². The van der Waals surface area contributed by atoms with Crippen LogP contribution < -0.4 is 10.5 Å². The number of rotatable bonds is 4. The molecule has 34 heavy (non-hydrogen) atoms. The molecule has 0 atom stereocenters. The Bertz CT molecular complexity index is 1290. The monoisotopic (exact) mass is 479 g/mol. The maximum Gasteiger partial charge on any atom is 0.261 e. The number of nitrogens with zero attached hydrogens (tertiary/aromatic N) is 5. The smallest absolute Gasteiger partial charge is 0.261 e. The topological polar surface area (TPSA) is 78.8 Å². The van der Waals surface area contributed by atoms with Crippen molar-refractivity contribution in [1.29, 1.82) is 0 Å². The number of anilines is 1. The molecule has 176 valence electrons. The molecule has 2 aliphatic rings. The highest BCUT2D eigenvalue weighted by Gasteiger charge is 2.23. The molecule has 3 heterocycles. The average molecular weight is 480 g/mol. The number of carbonyl (C=O) groups is 2. The second-order valence-electron chi connectivity index (χ2n) is 8.76. The number of fused-ring (bicyclic) bond motifs is 1. The molecule has 9 heteroatoms. The molecule has 2 fully saturated rings. The van der Waals surface area contributed by atoms with Crippen LogP contribution in [0.4, 0.5) is 5.69 Å². The highest BCUT2D eigenvalue weighted by atomic mass is 35.5. The number of amides is 2. The summed E-state index contributed by atoms with van der Waals surface area (Å²) in [5.74, 6) is -0.193. The Morgan fingerprint density at radius 2 is 1.68 bits per heavy atom. The van der Waals surface area contributed by atoms with Gasteiger partial charge in [0.2, 0.25) is 5.91 Å². The average Bonchev–Trinajstić information content (AvgIpc) is 3.41. The van der Waals surface area contributed by atoms with Crippen LogP contribution in [-0.4, -0.2) is 70.4 Å². The number of hydrogen-bond donors (Lipinski definition) is 0. The van der Waals surface area contributed by atoms with Crippen molar-refractivity contribution in [3.63, 3.8) is 0 Å². The van der Waals surface area contributed by atoms with Crippen LogP contribution in [0.3, 0.4) is 0 Å². The molecular weight excluding hydrogens is 454 g/mol. The summed E-state index contributed by atoms with van der Waals surface area (Å²) in [5, 5.41) is 1.04. The Kier molecular flexibility index (Phi) is 6.24. The molecule has 2 aliphatic heterocycles. The molecule has 3 aromatic rings. The minimum absolute atomic E-state index is 0.0363. The van der Waals surface area contributed by atoms with Crippen molar-refractivity contribution in [2.24, 2.45) is 0 Å². The van der Waals surface area contributed by atoms with Crippen molar-refractivity contribution in [2.75, 3.05) is 44.2 Å². The Balaban J connectivity index is 1.31. The van der Waals surface area contributed by atoms with Crippen molar-refractivity contribution < 1.29 is 9.59 Å². The molecule has 0 aliphatic carbocycles. The van der Waals surface area contributed by atoms with E-state index < -0.39 is 0 Å². The molecule has 8 nitrogen and oxygen atoms in total. The van der Waals surface area contributed by atoms with E-state index in [1.807, 2.05) is 24.3 Å². The summed E-state index contributed by atoms with van der Waals surface area (Å²) in [4.78, 5) is 48.9. The van der Waals surface area contributed by atoms with Crippen LogP contribution >= 0.6 is 11.6 Å². The first-order chi connectivity index (χ1) is 16.5. The normalized spacial score (nSPS) is 16.3. The van der Waals surface area contributed by atoms with E-state index in [1.165, 1.54) is 10.9 Å². The van der Waals surface area contributed by atoms with Crippen molar-refractivity contribution in [3.05, 3.63) is 69.7 Å². The quantitative estimate of drug-likeness (QED) is 0.575. The lowest BCUT2D eigenvalue weighted by atomic mass is 10.1. The van der Waals surface area contributed by atoms with Gasteiger partial charge in [-0.15, -0.1) is 0 Å². The van der Waals surface area contributed by atoms with Crippen molar-refractivity contribution in [3.8, 4) is 0 Å². The van der Waals surface area contributed by atoms with Gasteiger partial charge in [-0.1, -0.05) is 17.7 Å². The number of halogens is 1. The summed E-state index contributed by atoms with van der Waals surface area (Å²) in [7, 11) is 0. The number of likely N-dealkylation sites (tertiary alicyclic amines) is 1. The van der Waals surface area contributed by atoms with Gasteiger partial charge < -0.3 is 14.7 Å².